The summed E-state index contributed by atoms with van der Waals surface area (Å²) in [4.78, 5) is 23.9. The van der Waals surface area contributed by atoms with Crippen LogP contribution in [0.4, 0.5) is 10.1 Å². The highest BCUT2D eigenvalue weighted by Crippen LogP contribution is 2.15. The van der Waals surface area contributed by atoms with Crippen molar-refractivity contribution in [2.45, 2.75) is 51.4 Å². The molecule has 0 aromatic heterocycles. The van der Waals surface area contributed by atoms with E-state index in [-0.39, 0.29) is 18.1 Å². The first kappa shape index (κ1) is 18.1. The molecule has 0 heterocycles. The normalized spacial score (nSPS) is 10.5. The van der Waals surface area contributed by atoms with Gasteiger partial charge >= 0.3 is 5.97 Å². The Morgan fingerprint density at radius 2 is 1.45 bits per heavy atom. The number of benzene rings is 1. The summed E-state index contributed by atoms with van der Waals surface area (Å²) in [6.45, 7) is 0. The van der Waals surface area contributed by atoms with Crippen LogP contribution in [0.25, 0.3) is 0 Å². The number of unbranched alkanes of at least 4 members (excludes halogenated alkanes) is 5. The average Bonchev–Trinajstić information content (AvgIpc) is 2.49. The molecular weight excluding hydrogens is 285 g/mol. The monoisotopic (exact) mass is 309 g/mol. The molecule has 5 heteroatoms. The Balaban J connectivity index is 2.12. The molecule has 0 fully saturated rings. The summed E-state index contributed by atoms with van der Waals surface area (Å²) in [5.74, 6) is -1.03. The minimum absolute atomic E-state index is 0.0254. The van der Waals surface area contributed by atoms with Gasteiger partial charge in [-0.1, -0.05) is 25.7 Å². The van der Waals surface area contributed by atoms with Crippen LogP contribution in [0.15, 0.2) is 24.3 Å². The molecule has 0 saturated heterocycles. The van der Waals surface area contributed by atoms with Crippen LogP contribution in [0.3, 0.4) is 0 Å². The number of carboxylic acid groups (broad SMARTS) is 1. The van der Waals surface area contributed by atoms with Gasteiger partial charge in [-0.05, 0) is 37.1 Å². The number of carbonyl (C=O) groups excluding carboxylic acids is 1. The molecular formula is C17H24FNO3. The Morgan fingerprint density at radius 1 is 0.955 bits per heavy atom. The van der Waals surface area contributed by atoms with Gasteiger partial charge in [-0.25, -0.2) is 4.39 Å². The number of hydrogen-bond acceptors (Lipinski definition) is 2. The summed E-state index contributed by atoms with van der Waals surface area (Å²) in [7, 11) is 1.70. The first-order valence-corrected chi connectivity index (χ1v) is 7.74. The van der Waals surface area contributed by atoms with Crippen molar-refractivity contribution >= 4 is 17.6 Å². The number of halogens is 1. The lowest BCUT2D eigenvalue weighted by atomic mass is 10.1. The van der Waals surface area contributed by atoms with Crippen LogP contribution in [-0.2, 0) is 9.59 Å². The van der Waals surface area contributed by atoms with E-state index in [0.717, 1.165) is 38.5 Å². The highest BCUT2D eigenvalue weighted by Gasteiger charge is 2.10. The molecule has 22 heavy (non-hydrogen) atoms. The number of carboxylic acids is 1. The zero-order valence-corrected chi connectivity index (χ0v) is 13.1. The molecule has 1 N–H and O–H groups in total. The fraction of sp³-hybridized carbons (Fsp3) is 0.529. The molecule has 0 aliphatic heterocycles. The van der Waals surface area contributed by atoms with Gasteiger partial charge in [0.25, 0.3) is 0 Å². The highest BCUT2D eigenvalue weighted by molar-refractivity contribution is 5.92. The summed E-state index contributed by atoms with van der Waals surface area (Å²) in [6.07, 6.45) is 6.18. The number of anilines is 1. The van der Waals surface area contributed by atoms with Gasteiger partial charge in [0, 0.05) is 25.6 Å². The number of hydrogen-bond donors (Lipinski definition) is 1. The van der Waals surface area contributed by atoms with Crippen LogP contribution in [-0.4, -0.2) is 24.0 Å². The van der Waals surface area contributed by atoms with E-state index >= 15 is 0 Å². The van der Waals surface area contributed by atoms with E-state index in [1.165, 1.54) is 12.1 Å². The molecule has 1 aromatic rings. The molecule has 0 unspecified atom stereocenters. The molecule has 0 saturated carbocycles. The van der Waals surface area contributed by atoms with Gasteiger partial charge in [0.05, 0.1) is 0 Å². The minimum atomic E-state index is -0.741. The largest absolute Gasteiger partial charge is 0.481 e. The third-order valence-electron chi connectivity index (χ3n) is 3.62. The lowest BCUT2D eigenvalue weighted by molar-refractivity contribution is -0.137. The SMILES string of the molecule is CN(C(=O)CCCCCCCCC(=O)O)c1ccc(F)cc1. The Morgan fingerprint density at radius 3 is 2.00 bits per heavy atom. The second-order valence-electron chi connectivity index (χ2n) is 5.44. The highest BCUT2D eigenvalue weighted by atomic mass is 19.1. The Bertz CT molecular complexity index is 473. The molecule has 0 spiro atoms. The van der Waals surface area contributed by atoms with Gasteiger partial charge in [-0.3, -0.25) is 9.59 Å². The van der Waals surface area contributed by atoms with Gasteiger partial charge in [-0.2, -0.15) is 0 Å². The fourth-order valence-electron chi connectivity index (χ4n) is 2.24. The number of nitrogens with zero attached hydrogens (tertiary/aromatic N) is 1. The van der Waals surface area contributed by atoms with Gasteiger partial charge in [0.1, 0.15) is 5.82 Å². The molecule has 0 bridgehead atoms. The predicted octanol–water partition coefficient (Wildman–Crippen LogP) is 3.99. The van der Waals surface area contributed by atoms with Crippen molar-refractivity contribution in [3.63, 3.8) is 0 Å². The molecule has 4 nitrogen and oxygen atoms in total. The lowest BCUT2D eigenvalue weighted by Crippen LogP contribution is -2.25. The third-order valence-corrected chi connectivity index (χ3v) is 3.62. The van der Waals surface area contributed by atoms with E-state index < -0.39 is 5.97 Å². The lowest BCUT2D eigenvalue weighted by Gasteiger charge is -2.17. The second kappa shape index (κ2) is 9.92. The molecule has 0 aliphatic carbocycles. The quantitative estimate of drug-likeness (QED) is 0.665. The van der Waals surface area contributed by atoms with E-state index in [1.807, 2.05) is 0 Å². The van der Waals surface area contributed by atoms with E-state index in [2.05, 4.69) is 0 Å². The Kier molecular flexibility index (Phi) is 8.18. The van der Waals surface area contributed by atoms with Crippen molar-refractivity contribution in [3.8, 4) is 0 Å². The summed E-state index contributed by atoms with van der Waals surface area (Å²) >= 11 is 0. The maximum atomic E-state index is 12.8. The van der Waals surface area contributed by atoms with E-state index in [4.69, 9.17) is 5.11 Å². The van der Waals surface area contributed by atoms with Crippen LogP contribution >= 0.6 is 0 Å². The van der Waals surface area contributed by atoms with Gasteiger partial charge in [0.15, 0.2) is 0 Å². The van der Waals surface area contributed by atoms with Crippen LogP contribution in [0.2, 0.25) is 0 Å². The second-order valence-corrected chi connectivity index (χ2v) is 5.44. The Hall–Kier alpha value is -1.91. The van der Waals surface area contributed by atoms with Crippen LogP contribution in [0, 0.1) is 5.82 Å². The van der Waals surface area contributed by atoms with Gasteiger partial charge < -0.3 is 10.0 Å². The smallest absolute Gasteiger partial charge is 0.303 e. The van der Waals surface area contributed by atoms with Gasteiger partial charge in [0.2, 0.25) is 5.91 Å². The average molecular weight is 309 g/mol. The first-order chi connectivity index (χ1) is 10.5. The summed E-state index contributed by atoms with van der Waals surface area (Å²) < 4.78 is 12.8. The van der Waals surface area contributed by atoms with E-state index in [0.29, 0.717) is 12.1 Å². The Labute approximate surface area is 130 Å². The molecule has 0 aliphatic rings. The van der Waals surface area contributed by atoms with Crippen molar-refractivity contribution in [1.29, 1.82) is 0 Å². The zero-order valence-electron chi connectivity index (χ0n) is 13.1. The van der Waals surface area contributed by atoms with Crippen molar-refractivity contribution in [2.24, 2.45) is 0 Å². The van der Waals surface area contributed by atoms with Crippen LogP contribution in [0.1, 0.15) is 51.4 Å². The maximum Gasteiger partial charge on any atom is 0.303 e. The zero-order chi connectivity index (χ0) is 16.4. The molecule has 1 aromatic carbocycles. The van der Waals surface area contributed by atoms with E-state index in [9.17, 15) is 14.0 Å². The van der Waals surface area contributed by atoms with Crippen LogP contribution in [0.5, 0.6) is 0 Å². The number of carbonyl (C=O) groups is 2. The standard InChI is InChI=1S/C17H24FNO3/c1-19(15-12-10-14(18)11-13-15)16(20)8-6-4-2-3-5-7-9-17(21)22/h10-13H,2-9H2,1H3,(H,21,22). The molecule has 1 amide bonds. The van der Waals surface area contributed by atoms with Crippen molar-refractivity contribution in [1.82, 2.24) is 0 Å². The summed E-state index contributed by atoms with van der Waals surface area (Å²) in [5.41, 5.74) is 0.695. The number of amides is 1. The van der Waals surface area contributed by atoms with E-state index in [1.54, 1.807) is 24.1 Å². The first-order valence-electron chi connectivity index (χ1n) is 7.74. The fourth-order valence-corrected chi connectivity index (χ4v) is 2.24. The molecule has 0 atom stereocenters. The maximum absolute atomic E-state index is 12.8. The van der Waals surface area contributed by atoms with Crippen molar-refractivity contribution in [3.05, 3.63) is 30.1 Å². The molecule has 122 valence electrons. The van der Waals surface area contributed by atoms with Crippen molar-refractivity contribution < 1.29 is 19.1 Å². The van der Waals surface area contributed by atoms with Crippen molar-refractivity contribution in [2.75, 3.05) is 11.9 Å². The number of aliphatic carboxylic acids is 1. The summed E-state index contributed by atoms with van der Waals surface area (Å²) in [6, 6.07) is 5.87. The summed E-state index contributed by atoms with van der Waals surface area (Å²) in [5, 5.41) is 8.51. The number of rotatable bonds is 10. The predicted molar refractivity (Wildman–Crippen MR) is 84.4 cm³/mol. The topological polar surface area (TPSA) is 57.6 Å². The minimum Gasteiger partial charge on any atom is -0.481 e. The van der Waals surface area contributed by atoms with Gasteiger partial charge in [-0.15, -0.1) is 0 Å². The molecule has 0 radical (unpaired) electrons. The molecule has 1 rings (SSSR count). The van der Waals surface area contributed by atoms with Crippen LogP contribution < -0.4 is 4.90 Å². The third kappa shape index (κ3) is 7.20.